The summed E-state index contributed by atoms with van der Waals surface area (Å²) in [5, 5.41) is 8.76. The molecule has 0 unspecified atom stereocenters. The maximum atomic E-state index is 4.28. The molecular formula is C69H48N2S2. The molecule has 0 aliphatic rings. The zero-order chi connectivity index (χ0) is 48.8. The van der Waals surface area contributed by atoms with E-state index in [1.807, 2.05) is 28.7 Å². The van der Waals surface area contributed by atoms with E-state index < -0.39 is 0 Å². The highest BCUT2D eigenvalue weighted by atomic mass is 32.1. The average molecular weight is 969 g/mol. The van der Waals surface area contributed by atoms with E-state index in [1.165, 1.54) is 84.5 Å². The number of aryl methyl sites for hydroxylation is 1. The van der Waals surface area contributed by atoms with Crippen molar-refractivity contribution in [1.29, 1.82) is 0 Å². The second-order valence-corrected chi connectivity index (χ2v) is 20.6. The smallest absolute Gasteiger partial charge is 0.0640 e. The number of anilines is 5. The van der Waals surface area contributed by atoms with Gasteiger partial charge in [-0.15, -0.1) is 22.7 Å². The molecule has 0 aliphatic heterocycles. The summed E-state index contributed by atoms with van der Waals surface area (Å²) in [4.78, 5) is 6.09. The normalized spacial score (nSPS) is 11.8. The SMILES string of the molecule is C=C/C=C(\c1sc2ccccc2c1C)N(c1ccc(-c2cccc3ccccc23)cc1)c1cccc(-c2ccccc2N(c2ccc(-c3ccc4ccccc4c3)cc2)c2cccc3c2sc2ccccc23)c1. The van der Waals surface area contributed by atoms with E-state index in [1.54, 1.807) is 0 Å². The molecule has 13 rings (SSSR count). The summed E-state index contributed by atoms with van der Waals surface area (Å²) in [6, 6.07) is 90.9. The van der Waals surface area contributed by atoms with Crippen LogP contribution in [0.3, 0.4) is 0 Å². The van der Waals surface area contributed by atoms with Crippen LogP contribution in [0.15, 0.2) is 267 Å². The van der Waals surface area contributed by atoms with Crippen LogP contribution in [0.25, 0.3) is 90.9 Å². The van der Waals surface area contributed by atoms with Gasteiger partial charge < -0.3 is 9.80 Å². The lowest BCUT2D eigenvalue weighted by Gasteiger charge is -2.30. The number of allylic oxidation sites excluding steroid dienone is 2. The standard InChI is InChI=1S/C69H48N2S2/c1-3-17-64(68-46(2)57-24-9-12-32-66(57)72-68)70(54-42-38-50(39-43-54)59-28-15-21-49-19-6-7-25-58(49)59)56-23-14-22-53(45-56)60-26-8-11-30-63(60)71(65-31-16-29-62-61-27-10-13-33-67(61)73-69(62)65)55-40-36-48(37-41-55)52-35-34-47-18-4-5-20-51(47)44-52/h3-45H,1H2,2H3/b64-17+. The van der Waals surface area contributed by atoms with Crippen molar-refractivity contribution in [2.24, 2.45) is 0 Å². The largest absolute Gasteiger partial charge is 0.309 e. The molecule has 2 aromatic heterocycles. The number of hydrogen-bond acceptors (Lipinski definition) is 4. The molecule has 73 heavy (non-hydrogen) atoms. The van der Waals surface area contributed by atoms with Gasteiger partial charge in [-0.05, 0) is 140 Å². The molecule has 0 aliphatic carbocycles. The van der Waals surface area contributed by atoms with Crippen molar-refractivity contribution >= 4 is 109 Å². The van der Waals surface area contributed by atoms with Crippen LogP contribution in [-0.4, -0.2) is 0 Å². The fourth-order valence-electron chi connectivity index (χ4n) is 10.7. The van der Waals surface area contributed by atoms with Crippen molar-refractivity contribution in [1.82, 2.24) is 0 Å². The number of benzene rings is 11. The lowest BCUT2D eigenvalue weighted by molar-refractivity contribution is 1.29. The van der Waals surface area contributed by atoms with Gasteiger partial charge in [0.15, 0.2) is 0 Å². The lowest BCUT2D eigenvalue weighted by atomic mass is 9.97. The van der Waals surface area contributed by atoms with E-state index in [2.05, 4.69) is 278 Å². The highest BCUT2D eigenvalue weighted by Crippen LogP contribution is 2.49. The molecule has 4 heteroatoms. The molecule has 0 saturated heterocycles. The van der Waals surface area contributed by atoms with Crippen molar-refractivity contribution in [2.75, 3.05) is 9.80 Å². The van der Waals surface area contributed by atoms with Crippen LogP contribution >= 0.6 is 22.7 Å². The van der Waals surface area contributed by atoms with Crippen LogP contribution in [0.5, 0.6) is 0 Å². The summed E-state index contributed by atoms with van der Waals surface area (Å²) in [6.07, 6.45) is 4.10. The predicted octanol–water partition coefficient (Wildman–Crippen LogP) is 20.7. The van der Waals surface area contributed by atoms with E-state index >= 15 is 0 Å². The topological polar surface area (TPSA) is 6.48 Å². The van der Waals surface area contributed by atoms with E-state index in [-0.39, 0.29) is 0 Å². The Bertz CT molecular complexity index is 4250. The van der Waals surface area contributed by atoms with Crippen LogP contribution in [0.4, 0.5) is 28.4 Å². The Morgan fingerprint density at radius 3 is 1.79 bits per heavy atom. The molecule has 2 heterocycles. The van der Waals surface area contributed by atoms with Gasteiger partial charge in [0.25, 0.3) is 0 Å². The summed E-state index contributed by atoms with van der Waals surface area (Å²) in [6.45, 7) is 6.53. The van der Waals surface area contributed by atoms with Crippen molar-refractivity contribution < 1.29 is 0 Å². The Morgan fingerprint density at radius 2 is 0.986 bits per heavy atom. The van der Waals surface area contributed by atoms with Gasteiger partial charge in [0, 0.05) is 42.8 Å². The van der Waals surface area contributed by atoms with Crippen molar-refractivity contribution in [2.45, 2.75) is 6.92 Å². The number of hydrogen-bond donors (Lipinski definition) is 0. The summed E-state index contributed by atoms with van der Waals surface area (Å²) in [5.41, 5.74) is 14.8. The third-order valence-corrected chi connectivity index (χ3v) is 16.7. The second-order valence-electron chi connectivity index (χ2n) is 18.5. The molecule has 11 aromatic carbocycles. The second kappa shape index (κ2) is 18.7. The van der Waals surface area contributed by atoms with Crippen LogP contribution in [0.2, 0.25) is 0 Å². The molecular weight excluding hydrogens is 921 g/mol. The highest BCUT2D eigenvalue weighted by Gasteiger charge is 2.25. The molecule has 0 spiro atoms. The van der Waals surface area contributed by atoms with E-state index in [9.17, 15) is 0 Å². The maximum Gasteiger partial charge on any atom is 0.0640 e. The fraction of sp³-hybridized carbons (Fsp3) is 0.0145. The first-order valence-corrected chi connectivity index (χ1v) is 26.4. The molecule has 346 valence electrons. The van der Waals surface area contributed by atoms with Gasteiger partial charge in [-0.1, -0.05) is 195 Å². The molecule has 0 amide bonds. The first-order valence-electron chi connectivity index (χ1n) is 24.8. The molecule has 0 bridgehead atoms. The number of fused-ring (bicyclic) bond motifs is 6. The monoisotopic (exact) mass is 968 g/mol. The number of rotatable bonds is 11. The molecule has 0 atom stereocenters. The first-order chi connectivity index (χ1) is 36.1. The Morgan fingerprint density at radius 1 is 0.397 bits per heavy atom. The van der Waals surface area contributed by atoms with Crippen molar-refractivity contribution in [3.05, 3.63) is 278 Å². The predicted molar refractivity (Wildman–Crippen MR) is 319 cm³/mol. The Balaban J connectivity index is 0.973. The summed E-state index contributed by atoms with van der Waals surface area (Å²) in [5.74, 6) is 0. The van der Waals surface area contributed by atoms with Crippen LogP contribution in [-0.2, 0) is 0 Å². The minimum atomic E-state index is 1.05. The minimum absolute atomic E-state index is 1.05. The zero-order valence-electron chi connectivity index (χ0n) is 40.2. The van der Waals surface area contributed by atoms with Gasteiger partial charge in [-0.3, -0.25) is 0 Å². The minimum Gasteiger partial charge on any atom is -0.309 e. The first kappa shape index (κ1) is 44.2. The number of nitrogens with zero attached hydrogens (tertiary/aromatic N) is 2. The van der Waals surface area contributed by atoms with Gasteiger partial charge in [-0.2, -0.15) is 0 Å². The van der Waals surface area contributed by atoms with Crippen molar-refractivity contribution in [3.8, 4) is 33.4 Å². The van der Waals surface area contributed by atoms with Crippen LogP contribution in [0, 0.1) is 6.92 Å². The quantitative estimate of drug-likeness (QED) is 0.119. The molecule has 2 nitrogen and oxygen atoms in total. The third-order valence-electron chi connectivity index (χ3n) is 14.2. The van der Waals surface area contributed by atoms with Gasteiger partial charge in [0.1, 0.15) is 0 Å². The van der Waals surface area contributed by atoms with Gasteiger partial charge in [0.2, 0.25) is 0 Å². The van der Waals surface area contributed by atoms with Gasteiger partial charge >= 0.3 is 0 Å². The Kier molecular flexibility index (Phi) is 11.3. The number of thiophene rings is 2. The molecule has 0 fully saturated rings. The third kappa shape index (κ3) is 7.98. The van der Waals surface area contributed by atoms with Gasteiger partial charge in [-0.25, -0.2) is 0 Å². The lowest BCUT2D eigenvalue weighted by Crippen LogP contribution is -2.15. The highest BCUT2D eigenvalue weighted by molar-refractivity contribution is 7.26. The van der Waals surface area contributed by atoms with Crippen molar-refractivity contribution in [3.63, 3.8) is 0 Å². The maximum absolute atomic E-state index is 4.28. The van der Waals surface area contributed by atoms with E-state index in [4.69, 9.17) is 0 Å². The van der Waals surface area contributed by atoms with Gasteiger partial charge in [0.05, 0.1) is 26.6 Å². The summed E-state index contributed by atoms with van der Waals surface area (Å²) >= 11 is 3.69. The Hall–Kier alpha value is -8.80. The molecule has 13 aromatic rings. The summed E-state index contributed by atoms with van der Waals surface area (Å²) < 4.78 is 3.79. The number of para-hydroxylation sites is 1. The molecule has 0 radical (unpaired) electrons. The zero-order valence-corrected chi connectivity index (χ0v) is 41.9. The fourth-order valence-corrected chi connectivity index (χ4v) is 13.1. The van der Waals surface area contributed by atoms with Crippen LogP contribution in [0.1, 0.15) is 10.4 Å². The van der Waals surface area contributed by atoms with E-state index in [0.29, 0.717) is 0 Å². The van der Waals surface area contributed by atoms with Crippen LogP contribution < -0.4 is 9.80 Å². The molecule has 0 saturated carbocycles. The average Bonchev–Trinajstić information content (AvgIpc) is 4.01. The summed E-state index contributed by atoms with van der Waals surface area (Å²) in [7, 11) is 0. The molecule has 0 N–H and O–H groups in total. The Labute approximate surface area is 433 Å². The van der Waals surface area contributed by atoms with E-state index in [0.717, 1.165) is 45.3 Å².